The van der Waals surface area contributed by atoms with E-state index in [1.165, 1.54) is 0 Å². The first-order valence-electron chi connectivity index (χ1n) is 7.97. The molecule has 2 aromatic rings. The van der Waals surface area contributed by atoms with Gasteiger partial charge in [0.15, 0.2) is 11.5 Å². The highest BCUT2D eigenvalue weighted by Gasteiger charge is 2.44. The Morgan fingerprint density at radius 1 is 1.30 bits per heavy atom. The molecular weight excluding hydrogens is 294 g/mol. The summed E-state index contributed by atoms with van der Waals surface area (Å²) in [6.07, 6.45) is 7.51. The summed E-state index contributed by atoms with van der Waals surface area (Å²) in [4.78, 5) is 12.3. The van der Waals surface area contributed by atoms with Crippen molar-refractivity contribution in [1.29, 1.82) is 0 Å². The number of aromatic nitrogens is 2. The summed E-state index contributed by atoms with van der Waals surface area (Å²) in [5, 5.41) is 7.00. The smallest absolute Gasteiger partial charge is 0.251 e. The van der Waals surface area contributed by atoms with E-state index < -0.39 is 5.79 Å². The third-order valence-electron chi connectivity index (χ3n) is 4.47. The number of nitrogens with zero attached hydrogens (tertiary/aromatic N) is 2. The summed E-state index contributed by atoms with van der Waals surface area (Å²) in [5.74, 6) is 0.859. The van der Waals surface area contributed by atoms with E-state index in [0.717, 1.165) is 31.4 Å². The van der Waals surface area contributed by atoms with Gasteiger partial charge in [0.2, 0.25) is 5.91 Å². The number of nitrogens with one attached hydrogen (secondary N) is 1. The van der Waals surface area contributed by atoms with E-state index in [0.29, 0.717) is 11.4 Å². The zero-order valence-corrected chi connectivity index (χ0v) is 13.0. The fourth-order valence-electron chi connectivity index (χ4n) is 3.17. The van der Waals surface area contributed by atoms with Crippen molar-refractivity contribution in [3.8, 4) is 11.5 Å². The number of amides is 1. The maximum absolute atomic E-state index is 12.3. The van der Waals surface area contributed by atoms with Gasteiger partial charge in [0.1, 0.15) is 6.04 Å². The summed E-state index contributed by atoms with van der Waals surface area (Å²) in [6.45, 7) is 1.81. The molecule has 2 aliphatic rings. The Labute approximate surface area is 134 Å². The highest BCUT2D eigenvalue weighted by molar-refractivity contribution is 5.93. The third-order valence-corrected chi connectivity index (χ3v) is 4.47. The van der Waals surface area contributed by atoms with Crippen molar-refractivity contribution >= 4 is 11.6 Å². The fraction of sp³-hybridized carbons (Fsp3) is 0.412. The molecule has 4 rings (SSSR count). The Kier molecular flexibility index (Phi) is 3.25. The van der Waals surface area contributed by atoms with E-state index in [1.807, 2.05) is 25.1 Å². The maximum Gasteiger partial charge on any atom is 0.251 e. The van der Waals surface area contributed by atoms with Crippen molar-refractivity contribution in [2.45, 2.75) is 44.4 Å². The van der Waals surface area contributed by atoms with Crippen molar-refractivity contribution < 1.29 is 14.3 Å². The average molecular weight is 313 g/mol. The highest BCUT2D eigenvalue weighted by Crippen LogP contribution is 2.47. The number of anilines is 1. The second-order valence-corrected chi connectivity index (χ2v) is 6.13. The predicted octanol–water partition coefficient (Wildman–Crippen LogP) is 3.12. The minimum Gasteiger partial charge on any atom is -0.448 e. The molecule has 1 aromatic carbocycles. The van der Waals surface area contributed by atoms with Crippen LogP contribution >= 0.6 is 0 Å². The van der Waals surface area contributed by atoms with Crippen molar-refractivity contribution in [3.63, 3.8) is 0 Å². The van der Waals surface area contributed by atoms with Crippen LogP contribution in [-0.2, 0) is 4.79 Å². The van der Waals surface area contributed by atoms with E-state index in [9.17, 15) is 4.79 Å². The van der Waals surface area contributed by atoms with Gasteiger partial charge in [-0.15, -0.1) is 0 Å². The zero-order valence-electron chi connectivity index (χ0n) is 13.0. The number of carbonyl (C=O) groups excluding carboxylic acids is 1. The Morgan fingerprint density at radius 2 is 2.09 bits per heavy atom. The van der Waals surface area contributed by atoms with Gasteiger partial charge in [0, 0.05) is 37.0 Å². The number of hydrogen-bond acceptors (Lipinski definition) is 4. The lowest BCUT2D eigenvalue weighted by atomic mass is 10.2. The van der Waals surface area contributed by atoms with Gasteiger partial charge in [0.25, 0.3) is 5.79 Å². The molecule has 0 bridgehead atoms. The van der Waals surface area contributed by atoms with Crippen LogP contribution in [0.3, 0.4) is 0 Å². The quantitative estimate of drug-likeness (QED) is 0.945. The molecule has 1 aromatic heterocycles. The molecule has 0 saturated heterocycles. The summed E-state index contributed by atoms with van der Waals surface area (Å²) in [5.41, 5.74) is 0.700. The molecule has 1 amide bonds. The number of rotatable bonds is 3. The van der Waals surface area contributed by atoms with Gasteiger partial charge in [-0.05, 0) is 38.0 Å². The van der Waals surface area contributed by atoms with Crippen molar-refractivity contribution in [3.05, 3.63) is 36.7 Å². The van der Waals surface area contributed by atoms with E-state index in [1.54, 1.807) is 23.1 Å². The summed E-state index contributed by atoms with van der Waals surface area (Å²) in [7, 11) is 0. The largest absolute Gasteiger partial charge is 0.448 e. The molecule has 1 aliphatic carbocycles. The number of benzene rings is 1. The lowest BCUT2D eigenvalue weighted by Crippen LogP contribution is -2.34. The molecule has 1 spiro atoms. The molecule has 1 N–H and O–H groups in total. The molecule has 1 fully saturated rings. The van der Waals surface area contributed by atoms with Crippen LogP contribution in [0.4, 0.5) is 5.69 Å². The van der Waals surface area contributed by atoms with Crippen LogP contribution in [0.1, 0.15) is 38.6 Å². The topological polar surface area (TPSA) is 65.4 Å². The first-order chi connectivity index (χ1) is 11.2. The number of ether oxygens (including phenoxy) is 2. The van der Waals surface area contributed by atoms with Crippen LogP contribution in [0.2, 0.25) is 0 Å². The molecule has 23 heavy (non-hydrogen) atoms. The molecule has 1 atom stereocenters. The van der Waals surface area contributed by atoms with Gasteiger partial charge in [-0.3, -0.25) is 9.48 Å². The zero-order chi connectivity index (χ0) is 15.9. The molecule has 6 heteroatoms. The summed E-state index contributed by atoms with van der Waals surface area (Å²) in [6, 6.07) is 6.94. The van der Waals surface area contributed by atoms with Gasteiger partial charge in [0.05, 0.1) is 0 Å². The third kappa shape index (κ3) is 2.54. The minimum atomic E-state index is -0.479. The minimum absolute atomic E-state index is 0.122. The Balaban J connectivity index is 1.48. The molecule has 1 unspecified atom stereocenters. The molecule has 2 heterocycles. The van der Waals surface area contributed by atoms with Crippen molar-refractivity contribution in [1.82, 2.24) is 9.78 Å². The number of fused-ring (bicyclic) bond motifs is 1. The molecule has 1 aliphatic heterocycles. The van der Waals surface area contributed by atoms with Gasteiger partial charge in [-0.1, -0.05) is 0 Å². The molecule has 0 radical (unpaired) electrons. The van der Waals surface area contributed by atoms with E-state index in [4.69, 9.17) is 9.47 Å². The second kappa shape index (κ2) is 5.30. The Hall–Kier alpha value is -2.50. The van der Waals surface area contributed by atoms with Crippen LogP contribution in [0.25, 0.3) is 0 Å². The lowest BCUT2D eigenvalue weighted by molar-refractivity contribution is -0.119. The second-order valence-electron chi connectivity index (χ2n) is 6.13. The molecule has 120 valence electrons. The first-order valence-corrected chi connectivity index (χ1v) is 7.97. The normalized spacial score (nSPS) is 19.0. The molecule has 6 nitrogen and oxygen atoms in total. The molecular formula is C17H19N3O3. The van der Waals surface area contributed by atoms with Crippen molar-refractivity contribution in [2.75, 3.05) is 5.32 Å². The van der Waals surface area contributed by atoms with Gasteiger partial charge in [-0.2, -0.15) is 5.10 Å². The Morgan fingerprint density at radius 3 is 2.83 bits per heavy atom. The summed E-state index contributed by atoms with van der Waals surface area (Å²) < 4.78 is 13.6. The van der Waals surface area contributed by atoms with Crippen LogP contribution < -0.4 is 14.8 Å². The SMILES string of the molecule is CC(C(=O)Nc1ccc2c(c1)OC1(CCCC1)O2)n1cccn1. The Bertz CT molecular complexity index is 721. The van der Waals surface area contributed by atoms with Gasteiger partial charge < -0.3 is 14.8 Å². The predicted molar refractivity (Wildman–Crippen MR) is 84.5 cm³/mol. The maximum atomic E-state index is 12.3. The number of carbonyl (C=O) groups is 1. The van der Waals surface area contributed by atoms with Gasteiger partial charge in [-0.25, -0.2) is 0 Å². The molecule has 1 saturated carbocycles. The van der Waals surface area contributed by atoms with Crippen LogP contribution in [-0.4, -0.2) is 21.5 Å². The standard InChI is InChI=1S/C17H19N3O3/c1-12(20-10-4-9-18-20)16(21)19-13-5-6-14-15(11-13)23-17(22-14)7-2-3-8-17/h4-6,9-12H,2-3,7-8H2,1H3,(H,19,21). The van der Waals surface area contributed by atoms with Gasteiger partial charge >= 0.3 is 0 Å². The van der Waals surface area contributed by atoms with Crippen LogP contribution in [0.15, 0.2) is 36.7 Å². The number of hydrogen-bond donors (Lipinski definition) is 1. The first kappa shape index (κ1) is 14.1. The monoisotopic (exact) mass is 313 g/mol. The summed E-state index contributed by atoms with van der Waals surface area (Å²) >= 11 is 0. The fourth-order valence-corrected chi connectivity index (χ4v) is 3.17. The average Bonchev–Trinajstić information content (AvgIpc) is 3.27. The van der Waals surface area contributed by atoms with Crippen LogP contribution in [0.5, 0.6) is 11.5 Å². The van der Waals surface area contributed by atoms with E-state index >= 15 is 0 Å². The van der Waals surface area contributed by atoms with Crippen molar-refractivity contribution in [2.24, 2.45) is 0 Å². The van der Waals surface area contributed by atoms with Crippen LogP contribution in [0, 0.1) is 0 Å². The van der Waals surface area contributed by atoms with E-state index in [-0.39, 0.29) is 11.9 Å². The van der Waals surface area contributed by atoms with E-state index in [2.05, 4.69) is 10.4 Å². The highest BCUT2D eigenvalue weighted by atomic mass is 16.7. The lowest BCUT2D eigenvalue weighted by Gasteiger charge is -2.21.